The third kappa shape index (κ3) is 5.46. The maximum absolute atomic E-state index is 13.1. The highest BCUT2D eigenvalue weighted by atomic mass is 35.5. The van der Waals surface area contributed by atoms with E-state index in [0.717, 1.165) is 17.7 Å². The number of carbonyl (C=O) groups excluding carboxylic acids is 2. The standard InChI is InChI=1S/C24H27ClN2O4/c1-4-9-30-24(29)31-18-11-16(3)23(19(25)12-18)20(26)13-22(28)27-14-15(2)10-17-7-5-6-8-21(17)27/h4-8,11-12,15,20H,1,9-10,13-14,26H2,2-3H3. The Morgan fingerprint density at radius 2 is 2.10 bits per heavy atom. The zero-order valence-electron chi connectivity index (χ0n) is 17.8. The number of aryl methyl sites for hydroxylation is 1. The van der Waals surface area contributed by atoms with Gasteiger partial charge in [0.2, 0.25) is 5.91 Å². The highest BCUT2D eigenvalue weighted by Gasteiger charge is 2.28. The number of hydrogen-bond acceptors (Lipinski definition) is 5. The van der Waals surface area contributed by atoms with Gasteiger partial charge in [0.1, 0.15) is 12.4 Å². The third-order valence-corrected chi connectivity index (χ3v) is 5.55. The summed E-state index contributed by atoms with van der Waals surface area (Å²) in [6.45, 7) is 8.13. The first-order valence-electron chi connectivity index (χ1n) is 10.2. The minimum absolute atomic E-state index is 0.0460. The van der Waals surface area contributed by atoms with Gasteiger partial charge in [0.25, 0.3) is 0 Å². The second-order valence-corrected chi connectivity index (χ2v) is 8.25. The Morgan fingerprint density at radius 1 is 1.35 bits per heavy atom. The normalized spacial score (nSPS) is 16.3. The number of rotatable bonds is 6. The van der Waals surface area contributed by atoms with E-state index in [1.807, 2.05) is 30.0 Å². The number of hydrogen-bond donors (Lipinski definition) is 1. The van der Waals surface area contributed by atoms with Crippen LogP contribution in [0.15, 0.2) is 49.1 Å². The molecule has 1 aliphatic rings. The average molecular weight is 443 g/mol. The van der Waals surface area contributed by atoms with Crippen LogP contribution in [0.1, 0.15) is 36.1 Å². The largest absolute Gasteiger partial charge is 0.514 e. The molecule has 0 bridgehead atoms. The van der Waals surface area contributed by atoms with Crippen molar-refractivity contribution < 1.29 is 19.1 Å². The van der Waals surface area contributed by atoms with Crippen LogP contribution in [0.4, 0.5) is 10.5 Å². The van der Waals surface area contributed by atoms with Crippen molar-refractivity contribution in [3.8, 4) is 5.75 Å². The fourth-order valence-electron chi connectivity index (χ4n) is 3.94. The van der Waals surface area contributed by atoms with Crippen molar-refractivity contribution in [3.63, 3.8) is 0 Å². The quantitative estimate of drug-likeness (QED) is 0.388. The molecule has 1 heterocycles. The molecule has 2 aromatic rings. The van der Waals surface area contributed by atoms with Gasteiger partial charge in [-0.1, -0.05) is 49.4 Å². The molecule has 0 aliphatic carbocycles. The first-order valence-corrected chi connectivity index (χ1v) is 10.6. The predicted octanol–water partition coefficient (Wildman–Crippen LogP) is 4.97. The van der Waals surface area contributed by atoms with E-state index in [4.69, 9.17) is 26.8 Å². The van der Waals surface area contributed by atoms with Crippen LogP contribution in [0.3, 0.4) is 0 Å². The molecule has 0 radical (unpaired) electrons. The van der Waals surface area contributed by atoms with Gasteiger partial charge < -0.3 is 20.1 Å². The summed E-state index contributed by atoms with van der Waals surface area (Å²) >= 11 is 6.44. The molecule has 164 valence electrons. The van der Waals surface area contributed by atoms with Gasteiger partial charge in [-0.15, -0.1) is 0 Å². The molecule has 2 aromatic carbocycles. The lowest BCUT2D eigenvalue weighted by atomic mass is 9.92. The van der Waals surface area contributed by atoms with Gasteiger partial charge in [-0.25, -0.2) is 4.79 Å². The van der Waals surface area contributed by atoms with E-state index in [9.17, 15) is 9.59 Å². The number of fused-ring (bicyclic) bond motifs is 1. The van der Waals surface area contributed by atoms with E-state index in [2.05, 4.69) is 19.6 Å². The summed E-state index contributed by atoms with van der Waals surface area (Å²) in [5, 5.41) is 0.333. The second-order valence-electron chi connectivity index (χ2n) is 7.84. The SMILES string of the molecule is C=CCOC(=O)Oc1cc(C)c(C(N)CC(=O)N2CC(C)Cc3ccccc32)c(Cl)c1. The number of nitrogens with zero attached hydrogens (tertiary/aromatic N) is 1. The van der Waals surface area contributed by atoms with Crippen molar-refractivity contribution in [2.24, 2.45) is 11.7 Å². The van der Waals surface area contributed by atoms with Crippen molar-refractivity contribution in [2.75, 3.05) is 18.1 Å². The van der Waals surface area contributed by atoms with Crippen LogP contribution in [-0.2, 0) is 16.0 Å². The smallest absolute Gasteiger partial charge is 0.430 e. The molecule has 2 atom stereocenters. The average Bonchev–Trinajstić information content (AvgIpc) is 2.70. The number of ether oxygens (including phenoxy) is 2. The number of benzene rings is 2. The lowest BCUT2D eigenvalue weighted by Gasteiger charge is -2.34. The van der Waals surface area contributed by atoms with Crippen LogP contribution in [0.2, 0.25) is 5.02 Å². The minimum Gasteiger partial charge on any atom is -0.430 e. The number of nitrogens with two attached hydrogens (primary N) is 1. The maximum Gasteiger partial charge on any atom is 0.514 e. The summed E-state index contributed by atoms with van der Waals surface area (Å²) in [6, 6.07) is 10.5. The molecule has 7 heteroatoms. The van der Waals surface area contributed by atoms with Gasteiger partial charge in [0.05, 0.1) is 0 Å². The van der Waals surface area contributed by atoms with E-state index < -0.39 is 12.2 Å². The van der Waals surface area contributed by atoms with Gasteiger partial charge in [-0.2, -0.15) is 0 Å². The molecule has 0 saturated carbocycles. The summed E-state index contributed by atoms with van der Waals surface area (Å²) < 4.78 is 9.94. The molecular formula is C24H27ClN2O4. The molecule has 1 aliphatic heterocycles. The molecular weight excluding hydrogens is 416 g/mol. The van der Waals surface area contributed by atoms with Crippen molar-refractivity contribution in [3.05, 3.63) is 70.8 Å². The van der Waals surface area contributed by atoms with E-state index in [1.54, 1.807) is 6.07 Å². The van der Waals surface area contributed by atoms with Crippen molar-refractivity contribution >= 4 is 29.4 Å². The van der Waals surface area contributed by atoms with E-state index >= 15 is 0 Å². The lowest BCUT2D eigenvalue weighted by Crippen LogP contribution is -2.40. The monoisotopic (exact) mass is 442 g/mol. The number of amides is 1. The number of halogens is 1. The highest BCUT2D eigenvalue weighted by Crippen LogP contribution is 2.34. The molecule has 0 saturated heterocycles. The van der Waals surface area contributed by atoms with Crippen LogP contribution in [0, 0.1) is 12.8 Å². The highest BCUT2D eigenvalue weighted by molar-refractivity contribution is 6.31. The van der Waals surface area contributed by atoms with Gasteiger partial charge in [0, 0.05) is 35.8 Å². The number of carbonyl (C=O) groups is 2. The Bertz CT molecular complexity index is 968. The summed E-state index contributed by atoms with van der Waals surface area (Å²) in [5.74, 6) is 0.575. The molecule has 0 spiro atoms. The fraction of sp³-hybridized carbons (Fsp3) is 0.333. The third-order valence-electron chi connectivity index (χ3n) is 5.24. The predicted molar refractivity (Wildman–Crippen MR) is 122 cm³/mol. The fourth-order valence-corrected chi connectivity index (χ4v) is 4.33. The van der Waals surface area contributed by atoms with Crippen LogP contribution in [0.5, 0.6) is 5.75 Å². The van der Waals surface area contributed by atoms with Gasteiger partial charge >= 0.3 is 6.16 Å². The van der Waals surface area contributed by atoms with E-state index in [-0.39, 0.29) is 24.7 Å². The van der Waals surface area contributed by atoms with Gasteiger partial charge in [0.15, 0.2) is 0 Å². The Labute approximate surface area is 187 Å². The second kappa shape index (κ2) is 9.98. The van der Waals surface area contributed by atoms with Crippen LogP contribution in [0.25, 0.3) is 0 Å². The Kier molecular flexibility index (Phi) is 7.36. The maximum atomic E-state index is 13.1. The molecule has 2 N–H and O–H groups in total. The zero-order valence-corrected chi connectivity index (χ0v) is 18.5. The Hall–Kier alpha value is -2.83. The first-order chi connectivity index (χ1) is 14.8. The van der Waals surface area contributed by atoms with Gasteiger partial charge in [-0.05, 0) is 48.1 Å². The Morgan fingerprint density at radius 3 is 2.81 bits per heavy atom. The van der Waals surface area contributed by atoms with Gasteiger partial charge in [-0.3, -0.25) is 4.79 Å². The number of anilines is 1. The number of para-hydroxylation sites is 1. The molecule has 1 amide bonds. The summed E-state index contributed by atoms with van der Waals surface area (Å²) in [7, 11) is 0. The van der Waals surface area contributed by atoms with Crippen molar-refractivity contribution in [2.45, 2.75) is 32.7 Å². The molecule has 0 fully saturated rings. The first kappa shape index (κ1) is 22.8. The van der Waals surface area contributed by atoms with E-state index in [1.165, 1.54) is 17.7 Å². The molecule has 31 heavy (non-hydrogen) atoms. The lowest BCUT2D eigenvalue weighted by molar-refractivity contribution is -0.119. The summed E-state index contributed by atoms with van der Waals surface area (Å²) in [5.41, 5.74) is 9.90. The van der Waals surface area contributed by atoms with Crippen LogP contribution in [-0.4, -0.2) is 25.2 Å². The zero-order chi connectivity index (χ0) is 22.5. The van der Waals surface area contributed by atoms with Crippen molar-refractivity contribution in [1.82, 2.24) is 0 Å². The molecule has 3 rings (SSSR count). The minimum atomic E-state index is -0.847. The summed E-state index contributed by atoms with van der Waals surface area (Å²) in [4.78, 5) is 26.6. The summed E-state index contributed by atoms with van der Waals surface area (Å²) in [6.07, 6.45) is 1.66. The van der Waals surface area contributed by atoms with Crippen LogP contribution >= 0.6 is 11.6 Å². The molecule has 0 aromatic heterocycles. The van der Waals surface area contributed by atoms with Crippen molar-refractivity contribution in [1.29, 1.82) is 0 Å². The molecule has 6 nitrogen and oxygen atoms in total. The van der Waals surface area contributed by atoms with E-state index in [0.29, 0.717) is 23.0 Å². The molecule has 2 unspecified atom stereocenters. The Balaban J connectivity index is 1.74. The topological polar surface area (TPSA) is 81.9 Å². The van der Waals surface area contributed by atoms with Crippen LogP contribution < -0.4 is 15.4 Å².